The van der Waals surface area contributed by atoms with Gasteiger partial charge in [-0.25, -0.2) is 4.98 Å². The third kappa shape index (κ3) is 3.75. The first-order valence-electron chi connectivity index (χ1n) is 3.64. The summed E-state index contributed by atoms with van der Waals surface area (Å²) in [6.45, 7) is 1.07. The normalized spacial score (nSPS) is 10.4. The van der Waals surface area contributed by atoms with E-state index >= 15 is 0 Å². The fourth-order valence-electron chi connectivity index (χ4n) is 0.636. The van der Waals surface area contributed by atoms with Gasteiger partial charge in [-0.2, -0.15) is 0 Å². The lowest BCUT2D eigenvalue weighted by Crippen LogP contribution is -2.02. The van der Waals surface area contributed by atoms with Crippen LogP contribution in [0.4, 0.5) is 0 Å². The summed E-state index contributed by atoms with van der Waals surface area (Å²) in [5.41, 5.74) is 0. The zero-order valence-electron chi connectivity index (χ0n) is 6.60. The molecule has 0 saturated heterocycles. The standard InChI is InChI=1S/C7H11NO3S/c9-2-4-10-5-6-12-7-8-1-3-11-7/h1,3,9H,2,4-6H2. The molecule has 5 heteroatoms. The lowest BCUT2D eigenvalue weighted by atomic mass is 10.7. The number of aliphatic hydroxyl groups is 1. The van der Waals surface area contributed by atoms with Gasteiger partial charge in [-0.05, 0) is 0 Å². The Morgan fingerprint density at radius 2 is 2.50 bits per heavy atom. The lowest BCUT2D eigenvalue weighted by Gasteiger charge is -1.98. The Balaban J connectivity index is 1.96. The predicted molar refractivity (Wildman–Crippen MR) is 45.1 cm³/mol. The molecule has 1 rings (SSSR count). The average Bonchev–Trinajstić information content (AvgIpc) is 2.57. The summed E-state index contributed by atoms with van der Waals surface area (Å²) in [5.74, 6) is 0.792. The van der Waals surface area contributed by atoms with Gasteiger partial charge in [-0.15, -0.1) is 0 Å². The zero-order valence-corrected chi connectivity index (χ0v) is 7.42. The molecule has 0 aliphatic heterocycles. The molecule has 0 aliphatic rings. The van der Waals surface area contributed by atoms with Crippen LogP contribution in [0, 0.1) is 0 Å². The number of rotatable bonds is 6. The monoisotopic (exact) mass is 189 g/mol. The van der Waals surface area contributed by atoms with Crippen LogP contribution in [0.2, 0.25) is 0 Å². The van der Waals surface area contributed by atoms with Crippen molar-refractivity contribution in [1.29, 1.82) is 0 Å². The summed E-state index contributed by atoms with van der Waals surface area (Å²) in [7, 11) is 0. The molecule has 12 heavy (non-hydrogen) atoms. The molecule has 0 unspecified atom stereocenters. The molecule has 1 aromatic heterocycles. The molecule has 1 aromatic rings. The van der Waals surface area contributed by atoms with E-state index in [9.17, 15) is 0 Å². The first kappa shape index (κ1) is 9.57. The highest BCUT2D eigenvalue weighted by Gasteiger charge is 1.96. The van der Waals surface area contributed by atoms with Crippen molar-refractivity contribution in [1.82, 2.24) is 4.98 Å². The van der Waals surface area contributed by atoms with Gasteiger partial charge >= 0.3 is 0 Å². The maximum Gasteiger partial charge on any atom is 0.255 e. The number of nitrogens with zero attached hydrogens (tertiary/aromatic N) is 1. The Morgan fingerprint density at radius 3 is 3.17 bits per heavy atom. The fraction of sp³-hybridized carbons (Fsp3) is 0.571. The van der Waals surface area contributed by atoms with E-state index in [1.807, 2.05) is 0 Å². The fourth-order valence-corrected chi connectivity index (χ4v) is 1.27. The Labute approximate surface area is 74.9 Å². The summed E-state index contributed by atoms with van der Waals surface area (Å²) >= 11 is 1.49. The lowest BCUT2D eigenvalue weighted by molar-refractivity contribution is 0.103. The molecular weight excluding hydrogens is 178 g/mol. The smallest absolute Gasteiger partial charge is 0.255 e. The van der Waals surface area contributed by atoms with Gasteiger partial charge in [0.25, 0.3) is 5.22 Å². The van der Waals surface area contributed by atoms with E-state index in [0.29, 0.717) is 18.4 Å². The van der Waals surface area contributed by atoms with Crippen molar-refractivity contribution in [3.63, 3.8) is 0 Å². The van der Waals surface area contributed by atoms with Gasteiger partial charge in [0, 0.05) is 5.75 Å². The van der Waals surface area contributed by atoms with Crippen LogP contribution < -0.4 is 0 Å². The largest absolute Gasteiger partial charge is 0.440 e. The first-order valence-corrected chi connectivity index (χ1v) is 4.63. The molecular formula is C7H11NO3S. The van der Waals surface area contributed by atoms with Crippen LogP contribution >= 0.6 is 11.8 Å². The first-order chi connectivity index (χ1) is 5.93. The van der Waals surface area contributed by atoms with Crippen LogP contribution in [0.3, 0.4) is 0 Å². The van der Waals surface area contributed by atoms with Crippen molar-refractivity contribution in [2.24, 2.45) is 0 Å². The second-order valence-electron chi connectivity index (χ2n) is 1.98. The van der Waals surface area contributed by atoms with Gasteiger partial charge in [0.15, 0.2) is 0 Å². The second kappa shape index (κ2) is 6.05. The summed E-state index contributed by atoms with van der Waals surface area (Å²) in [5, 5.41) is 9.04. The average molecular weight is 189 g/mol. The van der Waals surface area contributed by atoms with Crippen molar-refractivity contribution < 1.29 is 14.3 Å². The number of thioether (sulfide) groups is 1. The summed E-state index contributed by atoms with van der Waals surface area (Å²) in [6, 6.07) is 0. The van der Waals surface area contributed by atoms with Crippen molar-refractivity contribution in [3.05, 3.63) is 12.5 Å². The molecule has 0 fully saturated rings. The maximum atomic E-state index is 8.39. The molecule has 0 aliphatic carbocycles. The number of aliphatic hydroxyl groups excluding tert-OH is 1. The van der Waals surface area contributed by atoms with E-state index in [1.54, 1.807) is 6.20 Å². The van der Waals surface area contributed by atoms with Gasteiger partial charge in [0.05, 0.1) is 26.0 Å². The van der Waals surface area contributed by atoms with Crippen molar-refractivity contribution in [3.8, 4) is 0 Å². The van der Waals surface area contributed by atoms with Crippen LogP contribution in [0.15, 0.2) is 22.1 Å². The molecule has 0 aromatic carbocycles. The van der Waals surface area contributed by atoms with Crippen molar-refractivity contribution >= 4 is 11.8 Å². The number of hydrogen-bond donors (Lipinski definition) is 1. The molecule has 1 N–H and O–H groups in total. The van der Waals surface area contributed by atoms with E-state index in [1.165, 1.54) is 18.0 Å². The van der Waals surface area contributed by atoms with E-state index in [-0.39, 0.29) is 6.61 Å². The van der Waals surface area contributed by atoms with Crippen LogP contribution in [0.25, 0.3) is 0 Å². The zero-order chi connectivity index (χ0) is 8.65. The number of ether oxygens (including phenoxy) is 1. The van der Waals surface area contributed by atoms with E-state index in [2.05, 4.69) is 4.98 Å². The third-order valence-electron chi connectivity index (χ3n) is 1.10. The van der Waals surface area contributed by atoms with E-state index in [4.69, 9.17) is 14.3 Å². The Bertz CT molecular complexity index is 191. The van der Waals surface area contributed by atoms with Crippen LogP contribution in [0.1, 0.15) is 0 Å². The quantitative estimate of drug-likeness (QED) is 0.529. The highest BCUT2D eigenvalue weighted by Crippen LogP contribution is 2.13. The Morgan fingerprint density at radius 1 is 1.58 bits per heavy atom. The van der Waals surface area contributed by atoms with Gasteiger partial charge in [-0.3, -0.25) is 0 Å². The van der Waals surface area contributed by atoms with E-state index in [0.717, 1.165) is 5.75 Å². The molecule has 0 spiro atoms. The van der Waals surface area contributed by atoms with Crippen molar-refractivity contribution in [2.75, 3.05) is 25.6 Å². The maximum absolute atomic E-state index is 8.39. The minimum Gasteiger partial charge on any atom is -0.440 e. The highest BCUT2D eigenvalue weighted by molar-refractivity contribution is 7.99. The third-order valence-corrected chi connectivity index (χ3v) is 1.92. The topological polar surface area (TPSA) is 55.5 Å². The van der Waals surface area contributed by atoms with Crippen LogP contribution in [-0.4, -0.2) is 35.7 Å². The SMILES string of the molecule is OCCOCCSc1ncco1. The molecule has 0 radical (unpaired) electrons. The van der Waals surface area contributed by atoms with Crippen molar-refractivity contribution in [2.45, 2.75) is 5.22 Å². The summed E-state index contributed by atoms with van der Waals surface area (Å²) < 4.78 is 10.0. The summed E-state index contributed by atoms with van der Waals surface area (Å²) in [6.07, 6.45) is 3.15. The molecule has 0 amide bonds. The van der Waals surface area contributed by atoms with E-state index < -0.39 is 0 Å². The van der Waals surface area contributed by atoms with Gasteiger partial charge in [0.1, 0.15) is 6.26 Å². The number of oxazole rings is 1. The molecule has 0 bridgehead atoms. The number of aromatic nitrogens is 1. The molecule has 1 heterocycles. The molecule has 0 atom stereocenters. The number of hydrogen-bond acceptors (Lipinski definition) is 5. The predicted octanol–water partition coefficient (Wildman–Crippen LogP) is 0.776. The van der Waals surface area contributed by atoms with Gasteiger partial charge < -0.3 is 14.3 Å². The minimum absolute atomic E-state index is 0.0731. The van der Waals surface area contributed by atoms with Crippen LogP contribution in [-0.2, 0) is 4.74 Å². The molecule has 4 nitrogen and oxygen atoms in total. The van der Waals surface area contributed by atoms with Crippen LogP contribution in [0.5, 0.6) is 0 Å². The van der Waals surface area contributed by atoms with Gasteiger partial charge in [-0.1, -0.05) is 11.8 Å². The second-order valence-corrected chi connectivity index (χ2v) is 3.03. The minimum atomic E-state index is 0.0731. The summed E-state index contributed by atoms with van der Waals surface area (Å²) in [4.78, 5) is 3.93. The Kier molecular flexibility index (Phi) is 4.82. The van der Waals surface area contributed by atoms with Gasteiger partial charge in [0.2, 0.25) is 0 Å². The molecule has 0 saturated carbocycles. The highest BCUT2D eigenvalue weighted by atomic mass is 32.2. The Hall–Kier alpha value is -0.520. The molecule has 68 valence electrons.